The van der Waals surface area contributed by atoms with Crippen molar-refractivity contribution in [2.45, 2.75) is 32.2 Å². The fourth-order valence-corrected chi connectivity index (χ4v) is 4.06. The maximum Gasteiger partial charge on any atom is 0.259 e. The third-order valence-electron chi connectivity index (χ3n) is 6.04. The standard InChI is InChI=1S/C26H35N3O3/c1-4-23(22-12-8-9-13-24(22)32-19-26(31)28(2)3)27-17-21-14-15-29(18-21)25(30)16-20-10-6-5-7-11-20/h5-13,21,23,27H,4,14-19H2,1-3H3. The largest absolute Gasteiger partial charge is 0.483 e. The number of hydrogen-bond acceptors (Lipinski definition) is 4. The molecule has 1 N–H and O–H groups in total. The van der Waals surface area contributed by atoms with Gasteiger partial charge in [0.05, 0.1) is 6.42 Å². The monoisotopic (exact) mass is 437 g/mol. The van der Waals surface area contributed by atoms with Gasteiger partial charge in [0.2, 0.25) is 5.91 Å². The molecule has 1 saturated heterocycles. The number of likely N-dealkylation sites (tertiary alicyclic amines) is 1. The van der Waals surface area contributed by atoms with Crippen molar-refractivity contribution in [3.05, 3.63) is 65.7 Å². The van der Waals surface area contributed by atoms with Crippen molar-refractivity contribution in [1.29, 1.82) is 0 Å². The van der Waals surface area contributed by atoms with Crippen LogP contribution in [-0.4, -0.2) is 62.0 Å². The van der Waals surface area contributed by atoms with Gasteiger partial charge < -0.3 is 19.9 Å². The van der Waals surface area contributed by atoms with Crippen LogP contribution in [0.5, 0.6) is 5.75 Å². The second-order valence-corrected chi connectivity index (χ2v) is 8.64. The van der Waals surface area contributed by atoms with E-state index in [9.17, 15) is 9.59 Å². The molecule has 172 valence electrons. The van der Waals surface area contributed by atoms with Crippen LogP contribution in [0.4, 0.5) is 0 Å². The van der Waals surface area contributed by atoms with E-state index in [2.05, 4.69) is 18.3 Å². The molecule has 1 aliphatic heterocycles. The van der Waals surface area contributed by atoms with Gasteiger partial charge in [0.15, 0.2) is 6.61 Å². The number of carbonyl (C=O) groups excluding carboxylic acids is 2. The molecule has 1 heterocycles. The number of nitrogens with one attached hydrogen (secondary N) is 1. The predicted molar refractivity (Wildman–Crippen MR) is 126 cm³/mol. The zero-order valence-electron chi connectivity index (χ0n) is 19.4. The minimum absolute atomic E-state index is 0.0293. The van der Waals surface area contributed by atoms with Gasteiger partial charge in [-0.2, -0.15) is 0 Å². The van der Waals surface area contributed by atoms with Gasteiger partial charge in [-0.25, -0.2) is 0 Å². The molecule has 2 aromatic carbocycles. The van der Waals surface area contributed by atoms with Gasteiger partial charge in [0.25, 0.3) is 5.91 Å². The SMILES string of the molecule is CCC(NCC1CCN(C(=O)Cc2ccccc2)C1)c1ccccc1OCC(=O)N(C)C. The van der Waals surface area contributed by atoms with E-state index in [0.29, 0.717) is 12.3 Å². The molecule has 0 aromatic heterocycles. The number of amides is 2. The highest BCUT2D eigenvalue weighted by Crippen LogP contribution is 2.28. The first-order chi connectivity index (χ1) is 15.5. The Kier molecular flexibility index (Phi) is 8.68. The van der Waals surface area contributed by atoms with Crippen LogP contribution in [0.25, 0.3) is 0 Å². The summed E-state index contributed by atoms with van der Waals surface area (Å²) in [4.78, 5) is 28.1. The summed E-state index contributed by atoms with van der Waals surface area (Å²) in [7, 11) is 3.45. The number of ether oxygens (including phenoxy) is 1. The van der Waals surface area contributed by atoms with Crippen molar-refractivity contribution < 1.29 is 14.3 Å². The molecule has 0 bridgehead atoms. The fraction of sp³-hybridized carbons (Fsp3) is 0.462. The molecule has 32 heavy (non-hydrogen) atoms. The lowest BCUT2D eigenvalue weighted by atomic mass is 10.0. The van der Waals surface area contributed by atoms with Gasteiger partial charge >= 0.3 is 0 Å². The number of para-hydroxylation sites is 1. The fourth-order valence-electron chi connectivity index (χ4n) is 4.06. The maximum absolute atomic E-state index is 12.7. The average molecular weight is 438 g/mol. The molecule has 0 aliphatic carbocycles. The summed E-state index contributed by atoms with van der Waals surface area (Å²) in [5.74, 6) is 1.32. The van der Waals surface area contributed by atoms with Crippen LogP contribution >= 0.6 is 0 Å². The van der Waals surface area contributed by atoms with Crippen LogP contribution in [0, 0.1) is 5.92 Å². The van der Waals surface area contributed by atoms with Gasteiger partial charge in [-0.05, 0) is 30.4 Å². The van der Waals surface area contributed by atoms with E-state index < -0.39 is 0 Å². The van der Waals surface area contributed by atoms with Crippen LogP contribution in [0.15, 0.2) is 54.6 Å². The van der Waals surface area contributed by atoms with Crippen molar-refractivity contribution in [1.82, 2.24) is 15.1 Å². The summed E-state index contributed by atoms with van der Waals surface area (Å²) >= 11 is 0. The van der Waals surface area contributed by atoms with Gasteiger partial charge in [-0.15, -0.1) is 0 Å². The summed E-state index contributed by atoms with van der Waals surface area (Å²) in [6.07, 6.45) is 2.39. The van der Waals surface area contributed by atoms with Crippen molar-refractivity contribution >= 4 is 11.8 Å². The lowest BCUT2D eigenvalue weighted by Crippen LogP contribution is -2.33. The summed E-state index contributed by atoms with van der Waals surface area (Å²) in [5, 5.41) is 3.67. The van der Waals surface area contributed by atoms with Crippen LogP contribution in [0.1, 0.15) is 36.9 Å². The highest BCUT2D eigenvalue weighted by atomic mass is 16.5. The molecule has 6 nitrogen and oxygen atoms in total. The van der Waals surface area contributed by atoms with Crippen molar-refractivity contribution in [3.63, 3.8) is 0 Å². The molecule has 0 radical (unpaired) electrons. The minimum atomic E-state index is -0.0629. The quantitative estimate of drug-likeness (QED) is 0.620. The Bertz CT molecular complexity index is 885. The van der Waals surface area contributed by atoms with E-state index in [1.165, 1.54) is 4.90 Å². The van der Waals surface area contributed by atoms with Crippen LogP contribution in [0.2, 0.25) is 0 Å². The highest BCUT2D eigenvalue weighted by molar-refractivity contribution is 5.79. The smallest absolute Gasteiger partial charge is 0.259 e. The topological polar surface area (TPSA) is 61.9 Å². The Hall–Kier alpha value is -2.86. The van der Waals surface area contributed by atoms with Crippen LogP contribution < -0.4 is 10.1 Å². The zero-order valence-corrected chi connectivity index (χ0v) is 19.4. The molecule has 2 aromatic rings. The summed E-state index contributed by atoms with van der Waals surface area (Å²) in [6.45, 7) is 4.63. The Balaban J connectivity index is 1.53. The lowest BCUT2D eigenvalue weighted by molar-refractivity contribution is -0.131. The van der Waals surface area contributed by atoms with E-state index in [4.69, 9.17) is 4.74 Å². The average Bonchev–Trinajstić information content (AvgIpc) is 3.28. The number of rotatable bonds is 10. The Morgan fingerprint density at radius 1 is 1.12 bits per heavy atom. The third kappa shape index (κ3) is 6.57. The van der Waals surface area contributed by atoms with Gasteiger partial charge in [0.1, 0.15) is 5.75 Å². The molecular formula is C26H35N3O3. The van der Waals surface area contributed by atoms with Crippen molar-refractivity contribution in [2.24, 2.45) is 5.92 Å². The first-order valence-electron chi connectivity index (χ1n) is 11.4. The van der Waals surface area contributed by atoms with Gasteiger partial charge in [-0.3, -0.25) is 9.59 Å². The molecule has 0 saturated carbocycles. The van der Waals surface area contributed by atoms with Crippen LogP contribution in [0.3, 0.4) is 0 Å². The molecule has 0 spiro atoms. The Morgan fingerprint density at radius 2 is 1.84 bits per heavy atom. The van der Waals surface area contributed by atoms with E-state index in [-0.39, 0.29) is 24.5 Å². The molecule has 6 heteroatoms. The molecule has 2 atom stereocenters. The molecule has 2 amide bonds. The molecule has 2 unspecified atom stereocenters. The number of carbonyl (C=O) groups is 2. The Labute approximate surface area is 191 Å². The van der Waals surface area contributed by atoms with Crippen molar-refractivity contribution in [2.75, 3.05) is 40.3 Å². The second-order valence-electron chi connectivity index (χ2n) is 8.64. The maximum atomic E-state index is 12.7. The van der Waals surface area contributed by atoms with Crippen LogP contribution in [-0.2, 0) is 16.0 Å². The lowest BCUT2D eigenvalue weighted by Gasteiger charge is -2.23. The number of hydrogen-bond donors (Lipinski definition) is 1. The molecule has 1 aliphatic rings. The molecular weight excluding hydrogens is 402 g/mol. The number of likely N-dealkylation sites (N-methyl/N-ethyl adjacent to an activating group) is 1. The number of nitrogens with zero attached hydrogens (tertiary/aromatic N) is 2. The zero-order chi connectivity index (χ0) is 22.9. The second kappa shape index (κ2) is 11.7. The summed E-state index contributed by atoms with van der Waals surface area (Å²) in [5.41, 5.74) is 2.13. The summed E-state index contributed by atoms with van der Waals surface area (Å²) < 4.78 is 5.84. The Morgan fingerprint density at radius 3 is 2.56 bits per heavy atom. The predicted octanol–water partition coefficient (Wildman–Crippen LogP) is 3.29. The molecule has 1 fully saturated rings. The van der Waals surface area contributed by atoms with E-state index in [1.54, 1.807) is 14.1 Å². The number of benzene rings is 2. The van der Waals surface area contributed by atoms with Crippen molar-refractivity contribution in [3.8, 4) is 5.75 Å². The first kappa shape index (κ1) is 23.8. The van der Waals surface area contributed by atoms with Gasteiger partial charge in [-0.1, -0.05) is 55.5 Å². The normalized spacial score (nSPS) is 16.6. The first-order valence-corrected chi connectivity index (χ1v) is 11.4. The van der Waals surface area contributed by atoms with E-state index >= 15 is 0 Å². The highest BCUT2D eigenvalue weighted by Gasteiger charge is 2.27. The van der Waals surface area contributed by atoms with E-state index in [1.807, 2.05) is 53.4 Å². The minimum Gasteiger partial charge on any atom is -0.483 e. The molecule has 3 rings (SSSR count). The van der Waals surface area contributed by atoms with E-state index in [0.717, 1.165) is 49.4 Å². The summed E-state index contributed by atoms with van der Waals surface area (Å²) in [6, 6.07) is 18.0. The third-order valence-corrected chi connectivity index (χ3v) is 6.04. The van der Waals surface area contributed by atoms with Gasteiger partial charge in [0, 0.05) is 45.3 Å².